The van der Waals surface area contributed by atoms with Crippen molar-refractivity contribution in [2.45, 2.75) is 25.8 Å². The molecular weight excluding hydrogens is 286 g/mol. The first-order valence-electron chi connectivity index (χ1n) is 7.08. The molecule has 3 N–H and O–H groups in total. The highest BCUT2D eigenvalue weighted by molar-refractivity contribution is 5.89. The number of carbonyl (C=O) groups excluding carboxylic acids is 3. The standard InChI is InChI=1S/C15H19N3O4/c1-10-4-6-11(7-5-10)22-15(21)17-9-13(19)18-8-2-3-12(18)14(16)20/h4-7,12H,2-3,8-9H2,1H3,(H2,16,20)(H,17,21)/t12-/m0/s1. The van der Waals surface area contributed by atoms with Crippen molar-refractivity contribution in [3.63, 3.8) is 0 Å². The van der Waals surface area contributed by atoms with Crippen molar-refractivity contribution in [1.29, 1.82) is 0 Å². The first kappa shape index (κ1) is 15.8. The zero-order valence-corrected chi connectivity index (χ0v) is 12.4. The molecule has 2 rings (SSSR count). The summed E-state index contributed by atoms with van der Waals surface area (Å²) in [6.45, 7) is 2.17. The lowest BCUT2D eigenvalue weighted by Crippen LogP contribution is -2.47. The van der Waals surface area contributed by atoms with Crippen molar-refractivity contribution in [3.8, 4) is 5.75 Å². The minimum absolute atomic E-state index is 0.228. The molecule has 0 spiro atoms. The average Bonchev–Trinajstić information content (AvgIpc) is 2.97. The summed E-state index contributed by atoms with van der Waals surface area (Å²) in [5, 5.41) is 2.38. The highest BCUT2D eigenvalue weighted by Crippen LogP contribution is 2.16. The van der Waals surface area contributed by atoms with E-state index in [4.69, 9.17) is 10.5 Å². The van der Waals surface area contributed by atoms with Gasteiger partial charge in [0, 0.05) is 6.54 Å². The highest BCUT2D eigenvalue weighted by atomic mass is 16.6. The van der Waals surface area contributed by atoms with E-state index in [1.54, 1.807) is 12.1 Å². The largest absolute Gasteiger partial charge is 0.413 e. The van der Waals surface area contributed by atoms with E-state index < -0.39 is 18.0 Å². The van der Waals surface area contributed by atoms with E-state index in [9.17, 15) is 14.4 Å². The Hall–Kier alpha value is -2.57. The normalized spacial score (nSPS) is 17.1. The van der Waals surface area contributed by atoms with Crippen LogP contribution in [-0.2, 0) is 9.59 Å². The number of primary amides is 1. The third-order valence-electron chi connectivity index (χ3n) is 3.52. The second kappa shape index (κ2) is 6.93. The van der Waals surface area contributed by atoms with Crippen LogP contribution in [0.1, 0.15) is 18.4 Å². The number of hydrogen-bond donors (Lipinski definition) is 2. The van der Waals surface area contributed by atoms with Crippen molar-refractivity contribution < 1.29 is 19.1 Å². The molecule has 0 aliphatic carbocycles. The average molecular weight is 305 g/mol. The minimum Gasteiger partial charge on any atom is -0.410 e. The summed E-state index contributed by atoms with van der Waals surface area (Å²) in [5.74, 6) is -0.470. The summed E-state index contributed by atoms with van der Waals surface area (Å²) in [6.07, 6.45) is 0.578. The molecule has 7 nitrogen and oxygen atoms in total. The maximum atomic E-state index is 12.0. The molecule has 0 saturated carbocycles. The lowest BCUT2D eigenvalue weighted by Gasteiger charge is -2.22. The van der Waals surface area contributed by atoms with Gasteiger partial charge in [-0.2, -0.15) is 0 Å². The topological polar surface area (TPSA) is 102 Å². The second-order valence-electron chi connectivity index (χ2n) is 5.20. The van der Waals surface area contributed by atoms with Crippen LogP contribution in [0.4, 0.5) is 4.79 Å². The predicted octanol–water partition coefficient (Wildman–Crippen LogP) is 0.560. The summed E-state index contributed by atoms with van der Waals surface area (Å²) in [6, 6.07) is 6.38. The van der Waals surface area contributed by atoms with Gasteiger partial charge in [0.1, 0.15) is 18.3 Å². The van der Waals surface area contributed by atoms with Gasteiger partial charge >= 0.3 is 6.09 Å². The fourth-order valence-electron chi connectivity index (χ4n) is 2.36. The summed E-state index contributed by atoms with van der Waals surface area (Å²) < 4.78 is 5.04. The molecule has 1 fully saturated rings. The van der Waals surface area contributed by atoms with E-state index in [2.05, 4.69) is 5.32 Å². The first-order chi connectivity index (χ1) is 10.5. The number of ether oxygens (including phenoxy) is 1. The number of nitrogens with two attached hydrogens (primary N) is 1. The van der Waals surface area contributed by atoms with Gasteiger partial charge in [-0.25, -0.2) is 4.79 Å². The summed E-state index contributed by atoms with van der Waals surface area (Å²) in [7, 11) is 0. The van der Waals surface area contributed by atoms with Crippen LogP contribution in [0.25, 0.3) is 0 Å². The van der Waals surface area contributed by atoms with E-state index in [1.807, 2.05) is 19.1 Å². The van der Waals surface area contributed by atoms with Crippen LogP contribution in [0, 0.1) is 6.92 Å². The summed E-state index contributed by atoms with van der Waals surface area (Å²) in [5.41, 5.74) is 6.30. The van der Waals surface area contributed by atoms with Crippen LogP contribution in [0.15, 0.2) is 24.3 Å². The molecule has 0 bridgehead atoms. The number of aryl methyl sites for hydroxylation is 1. The quantitative estimate of drug-likeness (QED) is 0.848. The Morgan fingerprint density at radius 3 is 2.64 bits per heavy atom. The minimum atomic E-state index is -0.716. The SMILES string of the molecule is Cc1ccc(OC(=O)NCC(=O)N2CCC[C@H]2C(N)=O)cc1. The Labute approximate surface area is 128 Å². The van der Waals surface area contributed by atoms with Crippen LogP contribution in [0.3, 0.4) is 0 Å². The third kappa shape index (κ3) is 3.97. The maximum Gasteiger partial charge on any atom is 0.413 e. The lowest BCUT2D eigenvalue weighted by atomic mass is 10.2. The van der Waals surface area contributed by atoms with E-state index in [0.717, 1.165) is 12.0 Å². The van der Waals surface area contributed by atoms with Crippen LogP contribution >= 0.6 is 0 Å². The number of amides is 3. The molecule has 1 aromatic carbocycles. The van der Waals surface area contributed by atoms with E-state index in [1.165, 1.54) is 4.90 Å². The van der Waals surface area contributed by atoms with Gasteiger partial charge in [-0.3, -0.25) is 9.59 Å². The molecule has 118 valence electrons. The molecule has 1 aliphatic heterocycles. The molecular formula is C15H19N3O4. The first-order valence-corrected chi connectivity index (χ1v) is 7.08. The van der Waals surface area contributed by atoms with Gasteiger partial charge in [0.2, 0.25) is 11.8 Å². The Bertz CT molecular complexity index is 571. The number of benzene rings is 1. The van der Waals surface area contributed by atoms with Gasteiger partial charge in [-0.05, 0) is 31.9 Å². The van der Waals surface area contributed by atoms with Gasteiger partial charge in [0.05, 0.1) is 0 Å². The Morgan fingerprint density at radius 1 is 1.32 bits per heavy atom. The lowest BCUT2D eigenvalue weighted by molar-refractivity contribution is -0.136. The van der Waals surface area contributed by atoms with Gasteiger partial charge in [-0.15, -0.1) is 0 Å². The Morgan fingerprint density at radius 2 is 2.00 bits per heavy atom. The van der Waals surface area contributed by atoms with Crippen LogP contribution in [-0.4, -0.2) is 41.9 Å². The molecule has 1 saturated heterocycles. The summed E-state index contributed by atoms with van der Waals surface area (Å²) in [4.78, 5) is 36.3. The van der Waals surface area contributed by atoms with Crippen molar-refractivity contribution in [1.82, 2.24) is 10.2 Å². The molecule has 0 aromatic heterocycles. The number of nitrogens with one attached hydrogen (secondary N) is 1. The number of hydrogen-bond acceptors (Lipinski definition) is 4. The molecule has 1 atom stereocenters. The molecule has 1 aromatic rings. The molecule has 0 unspecified atom stereocenters. The van der Waals surface area contributed by atoms with Crippen molar-refractivity contribution in [2.24, 2.45) is 5.73 Å². The smallest absolute Gasteiger partial charge is 0.410 e. The number of rotatable bonds is 4. The van der Waals surface area contributed by atoms with Crippen LogP contribution in [0.2, 0.25) is 0 Å². The Kier molecular flexibility index (Phi) is 4.98. The molecule has 1 heterocycles. The summed E-state index contributed by atoms with van der Waals surface area (Å²) >= 11 is 0. The second-order valence-corrected chi connectivity index (χ2v) is 5.20. The highest BCUT2D eigenvalue weighted by Gasteiger charge is 2.32. The molecule has 0 radical (unpaired) electrons. The molecule has 22 heavy (non-hydrogen) atoms. The Balaban J connectivity index is 1.81. The number of carbonyl (C=O) groups is 3. The maximum absolute atomic E-state index is 12.0. The third-order valence-corrected chi connectivity index (χ3v) is 3.52. The number of nitrogens with zero attached hydrogens (tertiary/aromatic N) is 1. The van der Waals surface area contributed by atoms with Gasteiger partial charge < -0.3 is 20.7 Å². The van der Waals surface area contributed by atoms with Crippen molar-refractivity contribution in [3.05, 3.63) is 29.8 Å². The van der Waals surface area contributed by atoms with E-state index >= 15 is 0 Å². The molecule has 1 aliphatic rings. The van der Waals surface area contributed by atoms with Gasteiger partial charge in [0.15, 0.2) is 0 Å². The zero-order valence-electron chi connectivity index (χ0n) is 12.4. The predicted molar refractivity (Wildman–Crippen MR) is 79.1 cm³/mol. The van der Waals surface area contributed by atoms with Crippen LogP contribution in [0.5, 0.6) is 5.75 Å². The zero-order chi connectivity index (χ0) is 16.1. The molecule has 3 amide bonds. The fraction of sp³-hybridized carbons (Fsp3) is 0.400. The van der Waals surface area contributed by atoms with E-state index in [-0.39, 0.29) is 12.5 Å². The monoisotopic (exact) mass is 305 g/mol. The van der Waals surface area contributed by atoms with Gasteiger partial charge in [-0.1, -0.05) is 17.7 Å². The fourth-order valence-corrected chi connectivity index (χ4v) is 2.36. The number of likely N-dealkylation sites (tertiary alicyclic amines) is 1. The van der Waals surface area contributed by atoms with Gasteiger partial charge in [0.25, 0.3) is 0 Å². The van der Waals surface area contributed by atoms with Crippen molar-refractivity contribution >= 4 is 17.9 Å². The van der Waals surface area contributed by atoms with E-state index in [0.29, 0.717) is 18.7 Å². The molecule has 7 heteroatoms. The van der Waals surface area contributed by atoms with Crippen molar-refractivity contribution in [2.75, 3.05) is 13.1 Å². The van der Waals surface area contributed by atoms with Crippen LogP contribution < -0.4 is 15.8 Å².